The van der Waals surface area contributed by atoms with Gasteiger partial charge in [0, 0.05) is 20.1 Å². The first kappa shape index (κ1) is 14.3. The van der Waals surface area contributed by atoms with Crippen LogP contribution in [0, 0.1) is 5.92 Å². The molecular weight excluding hydrogens is 210 g/mol. The third-order valence-corrected chi connectivity index (χ3v) is 3.60. The topological polar surface area (TPSA) is 36.4 Å². The van der Waals surface area contributed by atoms with Crippen LogP contribution in [-0.4, -0.2) is 26.1 Å². The molecule has 0 aliphatic heterocycles. The van der Waals surface area contributed by atoms with Gasteiger partial charge in [0.15, 0.2) is 5.96 Å². The van der Waals surface area contributed by atoms with E-state index in [4.69, 9.17) is 0 Å². The Kier molecular flexibility index (Phi) is 7.85. The minimum Gasteiger partial charge on any atom is -0.356 e. The highest BCUT2D eigenvalue weighted by molar-refractivity contribution is 5.79. The summed E-state index contributed by atoms with van der Waals surface area (Å²) in [6, 6.07) is 0. The summed E-state index contributed by atoms with van der Waals surface area (Å²) in [4.78, 5) is 4.22. The number of nitrogens with one attached hydrogen (secondary N) is 2. The van der Waals surface area contributed by atoms with Gasteiger partial charge < -0.3 is 10.6 Å². The number of rotatable bonds is 7. The van der Waals surface area contributed by atoms with Gasteiger partial charge in [-0.25, -0.2) is 0 Å². The van der Waals surface area contributed by atoms with Crippen LogP contribution in [0.25, 0.3) is 0 Å². The smallest absolute Gasteiger partial charge is 0.190 e. The van der Waals surface area contributed by atoms with Crippen molar-refractivity contribution >= 4 is 5.96 Å². The minimum absolute atomic E-state index is 0.963. The molecule has 3 nitrogen and oxygen atoms in total. The van der Waals surface area contributed by atoms with Crippen LogP contribution in [0.2, 0.25) is 0 Å². The minimum atomic E-state index is 0.963. The fourth-order valence-corrected chi connectivity index (χ4v) is 2.50. The third kappa shape index (κ3) is 6.54. The summed E-state index contributed by atoms with van der Waals surface area (Å²) in [5.74, 6) is 1.97. The van der Waals surface area contributed by atoms with Crippen LogP contribution in [0.4, 0.5) is 0 Å². The lowest BCUT2D eigenvalue weighted by Crippen LogP contribution is -2.38. The lowest BCUT2D eigenvalue weighted by atomic mass is 10.0. The second kappa shape index (κ2) is 9.32. The molecular formula is C14H29N3. The van der Waals surface area contributed by atoms with Crippen molar-refractivity contribution in [1.82, 2.24) is 10.6 Å². The summed E-state index contributed by atoms with van der Waals surface area (Å²) in [6.45, 7) is 4.29. The second-order valence-electron chi connectivity index (χ2n) is 5.07. The molecule has 0 aromatic rings. The molecule has 17 heavy (non-hydrogen) atoms. The molecule has 0 radical (unpaired) electrons. The van der Waals surface area contributed by atoms with E-state index >= 15 is 0 Å². The quantitative estimate of drug-likeness (QED) is 0.407. The van der Waals surface area contributed by atoms with Gasteiger partial charge >= 0.3 is 0 Å². The summed E-state index contributed by atoms with van der Waals surface area (Å²) >= 11 is 0. The van der Waals surface area contributed by atoms with E-state index in [9.17, 15) is 0 Å². The molecule has 1 aliphatic rings. The van der Waals surface area contributed by atoms with Gasteiger partial charge in [0.1, 0.15) is 0 Å². The highest BCUT2D eigenvalue weighted by Crippen LogP contribution is 2.28. The zero-order chi connectivity index (χ0) is 12.3. The van der Waals surface area contributed by atoms with Crippen molar-refractivity contribution in [1.29, 1.82) is 0 Å². The van der Waals surface area contributed by atoms with E-state index in [0.717, 1.165) is 25.0 Å². The van der Waals surface area contributed by atoms with Gasteiger partial charge in [0.05, 0.1) is 0 Å². The molecule has 1 fully saturated rings. The van der Waals surface area contributed by atoms with Crippen LogP contribution in [0.3, 0.4) is 0 Å². The fraction of sp³-hybridized carbons (Fsp3) is 0.929. The Hall–Kier alpha value is -0.730. The van der Waals surface area contributed by atoms with Gasteiger partial charge in [-0.05, 0) is 25.2 Å². The van der Waals surface area contributed by atoms with Gasteiger partial charge in [-0.15, -0.1) is 0 Å². The Morgan fingerprint density at radius 1 is 1.12 bits per heavy atom. The molecule has 0 bridgehead atoms. The lowest BCUT2D eigenvalue weighted by Gasteiger charge is -2.13. The summed E-state index contributed by atoms with van der Waals surface area (Å²) in [5.41, 5.74) is 0. The molecule has 0 unspecified atom stereocenters. The second-order valence-corrected chi connectivity index (χ2v) is 5.07. The predicted molar refractivity (Wildman–Crippen MR) is 75.5 cm³/mol. The number of unbranched alkanes of at least 4 members (excludes halogenated alkanes) is 1. The van der Waals surface area contributed by atoms with E-state index in [2.05, 4.69) is 22.5 Å². The molecule has 0 spiro atoms. The maximum atomic E-state index is 4.22. The van der Waals surface area contributed by atoms with Crippen LogP contribution in [0.1, 0.15) is 58.3 Å². The molecule has 1 saturated carbocycles. The van der Waals surface area contributed by atoms with Crippen LogP contribution < -0.4 is 10.6 Å². The SMILES string of the molecule is CCCCNC(=NC)NCCCC1CCCC1. The zero-order valence-corrected chi connectivity index (χ0v) is 11.6. The standard InChI is InChI=1S/C14H29N3/c1-3-4-11-16-14(15-2)17-12-7-10-13-8-5-6-9-13/h13H,3-12H2,1-2H3,(H2,15,16,17). The molecule has 0 saturated heterocycles. The Morgan fingerprint density at radius 2 is 1.76 bits per heavy atom. The Morgan fingerprint density at radius 3 is 2.35 bits per heavy atom. The van der Waals surface area contributed by atoms with Crippen molar-refractivity contribution in [3.63, 3.8) is 0 Å². The molecule has 2 N–H and O–H groups in total. The van der Waals surface area contributed by atoms with E-state index in [1.165, 1.54) is 51.4 Å². The van der Waals surface area contributed by atoms with E-state index in [0.29, 0.717) is 0 Å². The van der Waals surface area contributed by atoms with Crippen LogP contribution in [0.5, 0.6) is 0 Å². The Bertz CT molecular complexity index is 208. The molecule has 0 aromatic carbocycles. The molecule has 100 valence electrons. The summed E-state index contributed by atoms with van der Waals surface area (Å²) < 4.78 is 0. The van der Waals surface area contributed by atoms with E-state index < -0.39 is 0 Å². The van der Waals surface area contributed by atoms with Gasteiger partial charge in [0.2, 0.25) is 0 Å². The largest absolute Gasteiger partial charge is 0.356 e. The van der Waals surface area contributed by atoms with E-state index in [1.807, 2.05) is 7.05 Å². The van der Waals surface area contributed by atoms with Crippen molar-refractivity contribution in [3.05, 3.63) is 0 Å². The molecule has 0 aromatic heterocycles. The van der Waals surface area contributed by atoms with Crippen LogP contribution in [0.15, 0.2) is 4.99 Å². The average molecular weight is 239 g/mol. The van der Waals surface area contributed by atoms with Crippen molar-refractivity contribution in [3.8, 4) is 0 Å². The summed E-state index contributed by atoms with van der Waals surface area (Å²) in [7, 11) is 1.85. The highest BCUT2D eigenvalue weighted by atomic mass is 15.2. The highest BCUT2D eigenvalue weighted by Gasteiger charge is 2.13. The molecule has 1 rings (SSSR count). The molecule has 0 heterocycles. The maximum absolute atomic E-state index is 4.22. The molecule has 3 heteroatoms. The lowest BCUT2D eigenvalue weighted by molar-refractivity contribution is 0.481. The Balaban J connectivity index is 1.99. The van der Waals surface area contributed by atoms with Gasteiger partial charge in [0.25, 0.3) is 0 Å². The predicted octanol–water partition coefficient (Wildman–Crippen LogP) is 2.92. The van der Waals surface area contributed by atoms with Crippen LogP contribution >= 0.6 is 0 Å². The third-order valence-electron chi connectivity index (χ3n) is 3.60. The first-order valence-corrected chi connectivity index (χ1v) is 7.31. The van der Waals surface area contributed by atoms with Gasteiger partial charge in [-0.3, -0.25) is 4.99 Å². The van der Waals surface area contributed by atoms with Crippen molar-refractivity contribution in [2.45, 2.75) is 58.3 Å². The normalized spacial score (nSPS) is 17.4. The van der Waals surface area contributed by atoms with Crippen molar-refractivity contribution in [2.24, 2.45) is 10.9 Å². The van der Waals surface area contributed by atoms with Gasteiger partial charge in [-0.1, -0.05) is 39.0 Å². The number of guanidine groups is 1. The first-order valence-electron chi connectivity index (χ1n) is 7.31. The number of hydrogen-bond donors (Lipinski definition) is 2. The first-order chi connectivity index (χ1) is 8.36. The number of aliphatic imine (C=N–C) groups is 1. The van der Waals surface area contributed by atoms with Crippen molar-refractivity contribution in [2.75, 3.05) is 20.1 Å². The molecule has 0 atom stereocenters. The van der Waals surface area contributed by atoms with E-state index in [-0.39, 0.29) is 0 Å². The molecule has 0 amide bonds. The van der Waals surface area contributed by atoms with Crippen molar-refractivity contribution < 1.29 is 0 Å². The summed E-state index contributed by atoms with van der Waals surface area (Å²) in [6.07, 6.45) is 10.9. The average Bonchev–Trinajstić information content (AvgIpc) is 2.85. The molecule has 1 aliphatic carbocycles. The summed E-state index contributed by atoms with van der Waals surface area (Å²) in [5, 5.41) is 6.73. The number of nitrogens with zero attached hydrogens (tertiary/aromatic N) is 1. The zero-order valence-electron chi connectivity index (χ0n) is 11.6. The Labute approximate surface area is 106 Å². The maximum Gasteiger partial charge on any atom is 0.190 e. The van der Waals surface area contributed by atoms with Crippen LogP contribution in [-0.2, 0) is 0 Å². The van der Waals surface area contributed by atoms with Gasteiger partial charge in [-0.2, -0.15) is 0 Å². The monoisotopic (exact) mass is 239 g/mol. The fourth-order valence-electron chi connectivity index (χ4n) is 2.50. The van der Waals surface area contributed by atoms with E-state index in [1.54, 1.807) is 0 Å². The number of hydrogen-bond acceptors (Lipinski definition) is 1.